The molecule has 2 rings (SSSR count). The summed E-state index contributed by atoms with van der Waals surface area (Å²) in [6.07, 6.45) is -1.05. The smallest absolute Gasteiger partial charge is 0.408 e. The van der Waals surface area contributed by atoms with Crippen LogP contribution in [0.5, 0.6) is 0 Å². The topological polar surface area (TPSA) is 157 Å². The molecule has 4 N–H and O–H groups in total. The molecule has 0 fully saturated rings. The zero-order valence-electron chi connectivity index (χ0n) is 30.4. The number of alkyl carbamates (subject to hydrolysis) is 1. The standard InChI is InChI=1S/C37H54N4O7/c1-23-16-15-17-24(2)29(23)30(31(43)39-27(33(45)47-36(6,7)8)22-25-18-13-12-14-19-25)41(35(3,4)5)32(44)26(20-21-28(38)42)40-34(46)48-37(9,10)11/h12-19,26-27,30H,20-22H2,1-11H3,(H2,38,42)(H,39,43)(H,40,46). The van der Waals surface area contributed by atoms with Crippen LogP contribution in [-0.2, 0) is 35.1 Å². The second-order valence-electron chi connectivity index (χ2n) is 15.1. The van der Waals surface area contributed by atoms with Gasteiger partial charge in [-0.15, -0.1) is 0 Å². The van der Waals surface area contributed by atoms with Gasteiger partial charge in [0.05, 0.1) is 0 Å². The molecule has 264 valence electrons. The summed E-state index contributed by atoms with van der Waals surface area (Å²) in [5.74, 6) is -2.53. The molecule has 0 heterocycles. The maximum Gasteiger partial charge on any atom is 0.408 e. The molecule has 0 saturated heterocycles. The number of hydrogen-bond donors (Lipinski definition) is 3. The summed E-state index contributed by atoms with van der Waals surface area (Å²) in [7, 11) is 0. The van der Waals surface area contributed by atoms with Crippen molar-refractivity contribution in [2.75, 3.05) is 0 Å². The van der Waals surface area contributed by atoms with Crippen LogP contribution in [0, 0.1) is 13.8 Å². The minimum absolute atomic E-state index is 0.129. The second-order valence-corrected chi connectivity index (χ2v) is 15.1. The number of amides is 4. The lowest BCUT2D eigenvalue weighted by atomic mass is 9.89. The Hall–Kier alpha value is -4.41. The van der Waals surface area contributed by atoms with Gasteiger partial charge >= 0.3 is 12.1 Å². The highest BCUT2D eigenvalue weighted by molar-refractivity contribution is 5.95. The highest BCUT2D eigenvalue weighted by Gasteiger charge is 2.44. The van der Waals surface area contributed by atoms with E-state index in [0.29, 0.717) is 5.56 Å². The molecule has 0 saturated carbocycles. The third-order valence-corrected chi connectivity index (χ3v) is 7.24. The van der Waals surface area contributed by atoms with Gasteiger partial charge in [-0.05, 0) is 105 Å². The summed E-state index contributed by atoms with van der Waals surface area (Å²) < 4.78 is 11.1. The van der Waals surface area contributed by atoms with Gasteiger partial charge in [0, 0.05) is 18.4 Å². The number of rotatable bonds is 12. The quantitative estimate of drug-likeness (QED) is 0.263. The van der Waals surface area contributed by atoms with Gasteiger partial charge in [0.1, 0.15) is 29.3 Å². The Balaban J connectivity index is 2.73. The summed E-state index contributed by atoms with van der Waals surface area (Å²) in [5.41, 5.74) is 5.60. The van der Waals surface area contributed by atoms with Gasteiger partial charge in [-0.3, -0.25) is 14.4 Å². The van der Waals surface area contributed by atoms with E-state index in [1.54, 1.807) is 62.3 Å². The van der Waals surface area contributed by atoms with Crippen LogP contribution in [0.4, 0.5) is 4.79 Å². The fraction of sp³-hybridized carbons (Fsp3) is 0.541. The van der Waals surface area contributed by atoms with E-state index in [1.807, 2.05) is 62.4 Å². The summed E-state index contributed by atoms with van der Waals surface area (Å²) in [4.78, 5) is 69.1. The summed E-state index contributed by atoms with van der Waals surface area (Å²) >= 11 is 0. The highest BCUT2D eigenvalue weighted by Crippen LogP contribution is 2.34. The second kappa shape index (κ2) is 16.1. The molecule has 0 radical (unpaired) electrons. The van der Waals surface area contributed by atoms with Crippen molar-refractivity contribution in [3.63, 3.8) is 0 Å². The molecule has 2 aromatic carbocycles. The summed E-state index contributed by atoms with van der Waals surface area (Å²) in [6, 6.07) is 11.2. The van der Waals surface area contributed by atoms with E-state index in [1.165, 1.54) is 4.90 Å². The Morgan fingerprint density at radius 1 is 0.750 bits per heavy atom. The van der Waals surface area contributed by atoms with Crippen LogP contribution in [0.3, 0.4) is 0 Å². The first-order valence-corrected chi connectivity index (χ1v) is 16.2. The third kappa shape index (κ3) is 12.3. The molecule has 3 atom stereocenters. The number of nitrogens with two attached hydrogens (primary N) is 1. The van der Waals surface area contributed by atoms with Crippen molar-refractivity contribution in [1.82, 2.24) is 15.5 Å². The van der Waals surface area contributed by atoms with E-state index in [9.17, 15) is 24.0 Å². The van der Waals surface area contributed by atoms with Crippen molar-refractivity contribution in [1.29, 1.82) is 0 Å². The molecule has 0 aliphatic heterocycles. The highest BCUT2D eigenvalue weighted by atomic mass is 16.6. The van der Waals surface area contributed by atoms with Crippen LogP contribution in [0.1, 0.15) is 103 Å². The fourth-order valence-electron chi connectivity index (χ4n) is 5.31. The monoisotopic (exact) mass is 666 g/mol. The van der Waals surface area contributed by atoms with Gasteiger partial charge in [0.15, 0.2) is 0 Å². The van der Waals surface area contributed by atoms with Crippen molar-refractivity contribution in [3.05, 3.63) is 70.8 Å². The lowest BCUT2D eigenvalue weighted by Crippen LogP contribution is -2.60. The molecule has 0 spiro atoms. The van der Waals surface area contributed by atoms with E-state index < -0.39 is 64.7 Å². The van der Waals surface area contributed by atoms with Gasteiger partial charge in [-0.2, -0.15) is 0 Å². The van der Waals surface area contributed by atoms with Crippen molar-refractivity contribution >= 4 is 29.8 Å². The number of esters is 1. The van der Waals surface area contributed by atoms with E-state index in [0.717, 1.165) is 16.7 Å². The molecule has 2 aromatic rings. The molecule has 11 heteroatoms. The molecular formula is C37H54N4O7. The predicted molar refractivity (Wildman–Crippen MR) is 185 cm³/mol. The van der Waals surface area contributed by atoms with Crippen LogP contribution in [0.25, 0.3) is 0 Å². The molecule has 48 heavy (non-hydrogen) atoms. The first-order chi connectivity index (χ1) is 22.0. The van der Waals surface area contributed by atoms with Crippen LogP contribution in [0.15, 0.2) is 48.5 Å². The van der Waals surface area contributed by atoms with Crippen molar-refractivity contribution < 1.29 is 33.4 Å². The number of hydrogen-bond acceptors (Lipinski definition) is 7. The largest absolute Gasteiger partial charge is 0.458 e. The van der Waals surface area contributed by atoms with E-state index in [4.69, 9.17) is 15.2 Å². The number of carbonyl (C=O) groups is 5. The minimum atomic E-state index is -1.27. The van der Waals surface area contributed by atoms with Gasteiger partial charge in [0.25, 0.3) is 0 Å². The number of ether oxygens (including phenoxy) is 2. The van der Waals surface area contributed by atoms with E-state index in [-0.39, 0.29) is 19.3 Å². The Morgan fingerprint density at radius 3 is 1.77 bits per heavy atom. The normalized spacial score (nSPS) is 13.8. The molecule has 0 aliphatic carbocycles. The van der Waals surface area contributed by atoms with Crippen molar-refractivity contribution in [2.45, 2.75) is 130 Å². The van der Waals surface area contributed by atoms with Crippen LogP contribution in [0.2, 0.25) is 0 Å². The number of aryl methyl sites for hydroxylation is 2. The maximum absolute atomic E-state index is 14.7. The molecule has 0 aliphatic rings. The molecular weight excluding hydrogens is 612 g/mol. The average Bonchev–Trinajstić information content (AvgIpc) is 2.91. The molecule has 11 nitrogen and oxygen atoms in total. The Bertz CT molecular complexity index is 1430. The predicted octanol–water partition coefficient (Wildman–Crippen LogP) is 5.20. The zero-order valence-corrected chi connectivity index (χ0v) is 30.4. The zero-order chi connectivity index (χ0) is 36.6. The van der Waals surface area contributed by atoms with E-state index >= 15 is 0 Å². The molecule has 0 bridgehead atoms. The van der Waals surface area contributed by atoms with Crippen molar-refractivity contribution in [2.24, 2.45) is 5.73 Å². The minimum Gasteiger partial charge on any atom is -0.458 e. The number of primary amides is 1. The average molecular weight is 667 g/mol. The Morgan fingerprint density at radius 2 is 1.29 bits per heavy atom. The van der Waals surface area contributed by atoms with Crippen LogP contribution >= 0.6 is 0 Å². The number of nitrogens with one attached hydrogen (secondary N) is 2. The third-order valence-electron chi connectivity index (χ3n) is 7.24. The van der Waals surface area contributed by atoms with Crippen molar-refractivity contribution in [3.8, 4) is 0 Å². The summed E-state index contributed by atoms with van der Waals surface area (Å²) in [5, 5.41) is 5.52. The number of nitrogens with zero attached hydrogens (tertiary/aromatic N) is 1. The van der Waals surface area contributed by atoms with E-state index in [2.05, 4.69) is 10.6 Å². The Labute approximate surface area is 285 Å². The molecule has 4 amide bonds. The van der Waals surface area contributed by atoms with Gasteiger partial charge < -0.3 is 30.7 Å². The SMILES string of the molecule is Cc1cccc(C)c1C(C(=O)NC(Cc1ccccc1)C(=O)OC(C)(C)C)N(C(=O)C(CCC(N)=O)NC(=O)OC(C)(C)C)C(C)(C)C. The maximum atomic E-state index is 14.7. The fourth-order valence-corrected chi connectivity index (χ4v) is 5.31. The lowest BCUT2D eigenvalue weighted by Gasteiger charge is -2.44. The number of carbonyl (C=O) groups excluding carboxylic acids is 5. The van der Waals surface area contributed by atoms with Gasteiger partial charge in [-0.25, -0.2) is 9.59 Å². The van der Waals surface area contributed by atoms with Crippen LogP contribution < -0.4 is 16.4 Å². The first kappa shape index (κ1) is 39.8. The van der Waals surface area contributed by atoms with Gasteiger partial charge in [-0.1, -0.05) is 48.5 Å². The Kier molecular flexibility index (Phi) is 13.4. The molecule has 3 unspecified atom stereocenters. The summed E-state index contributed by atoms with van der Waals surface area (Å²) in [6.45, 7) is 19.3. The first-order valence-electron chi connectivity index (χ1n) is 16.2. The van der Waals surface area contributed by atoms with Crippen LogP contribution in [-0.4, -0.2) is 63.5 Å². The number of benzene rings is 2. The lowest BCUT2D eigenvalue weighted by molar-refractivity contribution is -0.159. The van der Waals surface area contributed by atoms with Gasteiger partial charge in [0.2, 0.25) is 17.7 Å². The molecule has 0 aromatic heterocycles.